The minimum atomic E-state index is 0.623. The number of methoxy groups -OCH3 is 1. The van der Waals surface area contributed by atoms with E-state index in [0.717, 1.165) is 37.5 Å². The highest BCUT2D eigenvalue weighted by Crippen LogP contribution is 2.20. The molecule has 2 heterocycles. The van der Waals surface area contributed by atoms with E-state index in [9.17, 15) is 0 Å². The standard InChI is InChI=1S/C14H18N4O2/c1-19-12-4-2-11(3-5-12)14-16-13(20-17-14)10-18-8-6-15-7-9-18/h2-5,15H,6-10H2,1H3. The van der Waals surface area contributed by atoms with Crippen LogP contribution in [0.25, 0.3) is 11.4 Å². The second kappa shape index (κ2) is 6.02. The third-order valence-corrected chi connectivity index (χ3v) is 3.38. The predicted molar refractivity (Wildman–Crippen MR) is 74.4 cm³/mol. The van der Waals surface area contributed by atoms with Gasteiger partial charge in [0.25, 0.3) is 0 Å². The Hall–Kier alpha value is -1.92. The van der Waals surface area contributed by atoms with Crippen LogP contribution in [-0.4, -0.2) is 48.3 Å². The molecule has 6 heteroatoms. The molecule has 1 N–H and O–H groups in total. The van der Waals surface area contributed by atoms with E-state index in [4.69, 9.17) is 9.26 Å². The van der Waals surface area contributed by atoms with Crippen LogP contribution in [0.15, 0.2) is 28.8 Å². The summed E-state index contributed by atoms with van der Waals surface area (Å²) >= 11 is 0. The van der Waals surface area contributed by atoms with Crippen molar-refractivity contribution in [3.05, 3.63) is 30.2 Å². The van der Waals surface area contributed by atoms with Crippen molar-refractivity contribution < 1.29 is 9.26 Å². The lowest BCUT2D eigenvalue weighted by molar-refractivity contribution is 0.203. The first-order valence-corrected chi connectivity index (χ1v) is 6.75. The summed E-state index contributed by atoms with van der Waals surface area (Å²) in [6.45, 7) is 4.77. The summed E-state index contributed by atoms with van der Waals surface area (Å²) in [6, 6.07) is 7.64. The van der Waals surface area contributed by atoms with Gasteiger partial charge in [-0.15, -0.1) is 0 Å². The lowest BCUT2D eigenvalue weighted by atomic mass is 10.2. The zero-order valence-electron chi connectivity index (χ0n) is 11.5. The molecule has 1 saturated heterocycles. The van der Waals surface area contributed by atoms with Crippen molar-refractivity contribution in [3.8, 4) is 17.1 Å². The molecule has 1 aromatic carbocycles. The van der Waals surface area contributed by atoms with Crippen LogP contribution in [0.2, 0.25) is 0 Å². The SMILES string of the molecule is COc1ccc(-c2noc(CN3CCNCC3)n2)cc1. The normalized spacial score (nSPS) is 16.2. The summed E-state index contributed by atoms with van der Waals surface area (Å²) in [5.41, 5.74) is 0.932. The van der Waals surface area contributed by atoms with Crippen LogP contribution in [0.3, 0.4) is 0 Å². The van der Waals surface area contributed by atoms with Gasteiger partial charge in [-0.3, -0.25) is 4.90 Å². The summed E-state index contributed by atoms with van der Waals surface area (Å²) in [4.78, 5) is 6.76. The van der Waals surface area contributed by atoms with Crippen molar-refractivity contribution in [2.45, 2.75) is 6.54 Å². The molecule has 0 amide bonds. The van der Waals surface area contributed by atoms with Crippen LogP contribution in [0.5, 0.6) is 5.75 Å². The summed E-state index contributed by atoms with van der Waals surface area (Å²) < 4.78 is 10.5. The van der Waals surface area contributed by atoms with E-state index in [1.807, 2.05) is 24.3 Å². The lowest BCUT2D eigenvalue weighted by Gasteiger charge is -2.25. The van der Waals surface area contributed by atoms with Gasteiger partial charge in [0.15, 0.2) is 0 Å². The maximum absolute atomic E-state index is 5.32. The van der Waals surface area contributed by atoms with E-state index in [1.54, 1.807) is 7.11 Å². The molecular formula is C14H18N4O2. The molecule has 0 bridgehead atoms. The van der Waals surface area contributed by atoms with E-state index < -0.39 is 0 Å². The Morgan fingerprint density at radius 1 is 1.25 bits per heavy atom. The molecule has 0 aliphatic carbocycles. The molecule has 1 aliphatic rings. The Kier molecular flexibility index (Phi) is 3.94. The number of rotatable bonds is 4. The highest BCUT2D eigenvalue weighted by Gasteiger charge is 2.15. The number of piperazine rings is 1. The molecular weight excluding hydrogens is 256 g/mol. The van der Waals surface area contributed by atoms with Crippen LogP contribution in [0.4, 0.5) is 0 Å². The second-order valence-electron chi connectivity index (χ2n) is 4.77. The zero-order valence-corrected chi connectivity index (χ0v) is 11.5. The summed E-state index contributed by atoms with van der Waals surface area (Å²) in [6.07, 6.45) is 0. The van der Waals surface area contributed by atoms with Gasteiger partial charge in [-0.05, 0) is 24.3 Å². The molecule has 0 spiro atoms. The monoisotopic (exact) mass is 274 g/mol. The van der Waals surface area contributed by atoms with E-state index in [-0.39, 0.29) is 0 Å². The number of ether oxygens (including phenoxy) is 1. The first kappa shape index (κ1) is 13.1. The number of hydrogen-bond donors (Lipinski definition) is 1. The van der Waals surface area contributed by atoms with Crippen LogP contribution in [0.1, 0.15) is 5.89 Å². The Morgan fingerprint density at radius 2 is 2.00 bits per heavy atom. The van der Waals surface area contributed by atoms with Crippen LogP contribution in [0, 0.1) is 0 Å². The third-order valence-electron chi connectivity index (χ3n) is 3.38. The van der Waals surface area contributed by atoms with E-state index in [0.29, 0.717) is 18.3 Å². The van der Waals surface area contributed by atoms with Gasteiger partial charge in [-0.1, -0.05) is 5.16 Å². The van der Waals surface area contributed by atoms with Crippen LogP contribution < -0.4 is 10.1 Å². The molecule has 0 saturated carbocycles. The van der Waals surface area contributed by atoms with E-state index >= 15 is 0 Å². The van der Waals surface area contributed by atoms with Crippen molar-refractivity contribution in [2.24, 2.45) is 0 Å². The third kappa shape index (κ3) is 2.97. The number of benzene rings is 1. The van der Waals surface area contributed by atoms with Crippen molar-refractivity contribution in [3.63, 3.8) is 0 Å². The number of nitrogens with zero attached hydrogens (tertiary/aromatic N) is 3. The fraction of sp³-hybridized carbons (Fsp3) is 0.429. The fourth-order valence-electron chi connectivity index (χ4n) is 2.24. The van der Waals surface area contributed by atoms with E-state index in [2.05, 4.69) is 20.4 Å². The van der Waals surface area contributed by atoms with Gasteiger partial charge in [0, 0.05) is 31.7 Å². The highest BCUT2D eigenvalue weighted by molar-refractivity contribution is 5.55. The quantitative estimate of drug-likeness (QED) is 0.902. The molecule has 1 aromatic heterocycles. The maximum atomic E-state index is 5.32. The predicted octanol–water partition coefficient (Wildman–Crippen LogP) is 1.15. The fourth-order valence-corrected chi connectivity index (χ4v) is 2.24. The van der Waals surface area contributed by atoms with Crippen LogP contribution >= 0.6 is 0 Å². The minimum Gasteiger partial charge on any atom is -0.497 e. The van der Waals surface area contributed by atoms with Crippen molar-refractivity contribution in [1.82, 2.24) is 20.4 Å². The Labute approximate surface area is 117 Å². The first-order valence-electron chi connectivity index (χ1n) is 6.75. The van der Waals surface area contributed by atoms with Gasteiger partial charge < -0.3 is 14.6 Å². The molecule has 2 aromatic rings. The molecule has 0 atom stereocenters. The molecule has 6 nitrogen and oxygen atoms in total. The smallest absolute Gasteiger partial charge is 0.241 e. The lowest BCUT2D eigenvalue weighted by Crippen LogP contribution is -2.42. The second-order valence-corrected chi connectivity index (χ2v) is 4.77. The largest absolute Gasteiger partial charge is 0.497 e. The van der Waals surface area contributed by atoms with Gasteiger partial charge >= 0.3 is 0 Å². The average Bonchev–Trinajstić information content (AvgIpc) is 2.97. The van der Waals surface area contributed by atoms with Gasteiger partial charge in [-0.2, -0.15) is 4.98 Å². The van der Waals surface area contributed by atoms with Gasteiger partial charge in [0.05, 0.1) is 13.7 Å². The molecule has 0 unspecified atom stereocenters. The minimum absolute atomic E-state index is 0.623. The summed E-state index contributed by atoms with van der Waals surface area (Å²) in [5.74, 6) is 2.11. The zero-order chi connectivity index (χ0) is 13.8. The average molecular weight is 274 g/mol. The molecule has 3 rings (SSSR count). The Morgan fingerprint density at radius 3 is 2.70 bits per heavy atom. The van der Waals surface area contributed by atoms with Gasteiger partial charge in [0.1, 0.15) is 5.75 Å². The molecule has 1 aliphatic heterocycles. The molecule has 20 heavy (non-hydrogen) atoms. The number of nitrogens with one attached hydrogen (secondary N) is 1. The van der Waals surface area contributed by atoms with Gasteiger partial charge in [-0.25, -0.2) is 0 Å². The van der Waals surface area contributed by atoms with Crippen molar-refractivity contribution in [2.75, 3.05) is 33.3 Å². The Bertz CT molecular complexity index is 547. The van der Waals surface area contributed by atoms with Crippen molar-refractivity contribution in [1.29, 1.82) is 0 Å². The summed E-state index contributed by atoms with van der Waals surface area (Å²) in [7, 11) is 1.65. The first-order chi connectivity index (χ1) is 9.85. The summed E-state index contributed by atoms with van der Waals surface area (Å²) in [5, 5.41) is 7.36. The topological polar surface area (TPSA) is 63.4 Å². The van der Waals surface area contributed by atoms with E-state index in [1.165, 1.54) is 0 Å². The molecule has 0 radical (unpaired) electrons. The highest BCUT2D eigenvalue weighted by atomic mass is 16.5. The van der Waals surface area contributed by atoms with Crippen LogP contribution in [-0.2, 0) is 6.54 Å². The molecule has 1 fully saturated rings. The Balaban J connectivity index is 1.68. The van der Waals surface area contributed by atoms with Gasteiger partial charge in [0.2, 0.25) is 11.7 Å². The maximum Gasteiger partial charge on any atom is 0.241 e. The van der Waals surface area contributed by atoms with Crippen molar-refractivity contribution >= 4 is 0 Å². The number of aromatic nitrogens is 2. The molecule has 106 valence electrons. The number of hydrogen-bond acceptors (Lipinski definition) is 6.